The van der Waals surface area contributed by atoms with Crippen molar-refractivity contribution in [2.45, 2.75) is 31.3 Å². The summed E-state index contributed by atoms with van der Waals surface area (Å²) < 4.78 is 0. The second-order valence-corrected chi connectivity index (χ2v) is 5.58. The van der Waals surface area contributed by atoms with E-state index in [4.69, 9.17) is 0 Å². The molecule has 106 valence electrons. The van der Waals surface area contributed by atoms with E-state index in [-0.39, 0.29) is 23.9 Å². The normalized spacial score (nSPS) is 25.1. The number of anilines is 1. The Morgan fingerprint density at radius 2 is 2.20 bits per heavy atom. The summed E-state index contributed by atoms with van der Waals surface area (Å²) in [4.78, 5) is 25.4. The number of hydrogen-bond donors (Lipinski definition) is 2. The van der Waals surface area contributed by atoms with Crippen molar-refractivity contribution in [2.75, 3.05) is 18.9 Å². The lowest BCUT2D eigenvalue weighted by Crippen LogP contribution is -2.51. The molecule has 5 heteroatoms. The van der Waals surface area contributed by atoms with Gasteiger partial charge in [0, 0.05) is 38.2 Å². The Kier molecular flexibility index (Phi) is 3.34. The number of piperidine rings is 1. The molecule has 1 saturated heterocycles. The number of benzene rings is 1. The topological polar surface area (TPSA) is 61.4 Å². The summed E-state index contributed by atoms with van der Waals surface area (Å²) >= 11 is 0. The zero-order chi connectivity index (χ0) is 14.1. The zero-order valence-corrected chi connectivity index (χ0v) is 11.6. The molecule has 1 fully saturated rings. The molecule has 2 N–H and O–H groups in total. The molecule has 0 radical (unpaired) electrons. The summed E-state index contributed by atoms with van der Waals surface area (Å²) in [5.41, 5.74) is 2.23. The Morgan fingerprint density at radius 3 is 2.95 bits per heavy atom. The molecule has 2 aliphatic heterocycles. The van der Waals surface area contributed by atoms with Gasteiger partial charge in [0.2, 0.25) is 11.8 Å². The lowest BCUT2D eigenvalue weighted by Gasteiger charge is -2.30. The van der Waals surface area contributed by atoms with Crippen LogP contribution in [0.3, 0.4) is 0 Å². The number of nitrogens with zero attached hydrogens (tertiary/aromatic N) is 1. The van der Waals surface area contributed by atoms with Crippen LogP contribution in [0.5, 0.6) is 0 Å². The van der Waals surface area contributed by atoms with Gasteiger partial charge >= 0.3 is 0 Å². The molecule has 5 nitrogen and oxygen atoms in total. The number of carbonyl (C=O) groups excluding carboxylic acids is 2. The van der Waals surface area contributed by atoms with Crippen molar-refractivity contribution in [2.24, 2.45) is 0 Å². The smallest absolute Gasteiger partial charge is 0.243 e. The summed E-state index contributed by atoms with van der Waals surface area (Å²) in [6, 6.07) is 7.86. The van der Waals surface area contributed by atoms with Crippen molar-refractivity contribution >= 4 is 17.5 Å². The fourth-order valence-corrected chi connectivity index (χ4v) is 2.89. The van der Waals surface area contributed by atoms with Crippen molar-refractivity contribution in [3.8, 4) is 0 Å². The molecule has 0 aliphatic carbocycles. The van der Waals surface area contributed by atoms with Gasteiger partial charge in [0.25, 0.3) is 0 Å². The summed E-state index contributed by atoms with van der Waals surface area (Å²) in [5, 5.41) is 6.30. The Hall–Kier alpha value is -2.04. The van der Waals surface area contributed by atoms with Gasteiger partial charge in [-0.25, -0.2) is 0 Å². The molecule has 2 amide bonds. The van der Waals surface area contributed by atoms with Gasteiger partial charge < -0.3 is 15.5 Å². The highest BCUT2D eigenvalue weighted by Gasteiger charge is 2.30. The quantitative estimate of drug-likeness (QED) is 0.836. The molecule has 3 rings (SSSR count). The number of carbonyl (C=O) groups is 2. The molecule has 0 saturated carbocycles. The van der Waals surface area contributed by atoms with E-state index in [1.165, 1.54) is 5.56 Å². The molecular formula is C15H19N3O2. The van der Waals surface area contributed by atoms with Gasteiger partial charge in [-0.05, 0) is 18.1 Å². The first-order valence-electron chi connectivity index (χ1n) is 7.02. The third-order valence-corrected chi connectivity index (χ3v) is 4.06. The van der Waals surface area contributed by atoms with Crippen molar-refractivity contribution in [3.63, 3.8) is 0 Å². The van der Waals surface area contributed by atoms with Crippen LogP contribution in [0.25, 0.3) is 0 Å². The maximum absolute atomic E-state index is 12.3. The summed E-state index contributed by atoms with van der Waals surface area (Å²) in [6.07, 6.45) is 1.97. The predicted molar refractivity (Wildman–Crippen MR) is 76.4 cm³/mol. The fraction of sp³-hybridized carbons (Fsp3) is 0.467. The first-order chi connectivity index (χ1) is 9.63. The van der Waals surface area contributed by atoms with E-state index in [0.29, 0.717) is 13.0 Å². The standard InChI is InChI=1S/C15H19N3O2/c1-18-9-11(6-7-14(18)19)16-15(20)13-8-10-4-2-3-5-12(10)17-13/h2-5,11,13,17H,6-9H2,1H3,(H,16,20)/t11?,13-/m0/s1. The van der Waals surface area contributed by atoms with E-state index < -0.39 is 0 Å². The minimum absolute atomic E-state index is 0.0222. The van der Waals surface area contributed by atoms with Crippen molar-refractivity contribution < 1.29 is 9.59 Å². The second kappa shape index (κ2) is 5.15. The number of likely N-dealkylation sites (tertiary alicyclic amines) is 1. The van der Waals surface area contributed by atoms with E-state index in [9.17, 15) is 9.59 Å². The van der Waals surface area contributed by atoms with Gasteiger partial charge in [0.05, 0.1) is 0 Å². The average Bonchev–Trinajstić information content (AvgIpc) is 2.87. The van der Waals surface area contributed by atoms with E-state index in [2.05, 4.69) is 10.6 Å². The van der Waals surface area contributed by atoms with E-state index in [1.54, 1.807) is 11.9 Å². The lowest BCUT2D eigenvalue weighted by atomic mass is 10.0. The minimum Gasteiger partial charge on any atom is -0.373 e. The van der Waals surface area contributed by atoms with Crippen molar-refractivity contribution in [3.05, 3.63) is 29.8 Å². The van der Waals surface area contributed by atoms with Crippen molar-refractivity contribution in [1.29, 1.82) is 0 Å². The first kappa shape index (κ1) is 13.0. The van der Waals surface area contributed by atoms with Crippen LogP contribution in [0.1, 0.15) is 18.4 Å². The molecule has 1 aromatic rings. The molecule has 2 aliphatic rings. The third kappa shape index (κ3) is 2.48. The molecular weight excluding hydrogens is 254 g/mol. The average molecular weight is 273 g/mol. The lowest BCUT2D eigenvalue weighted by molar-refractivity contribution is -0.134. The number of likely N-dealkylation sites (N-methyl/N-ethyl adjacent to an activating group) is 1. The Balaban J connectivity index is 1.58. The SMILES string of the molecule is CN1CC(NC(=O)[C@@H]2Cc3ccccc3N2)CCC1=O. The number of rotatable bonds is 2. The van der Waals surface area contributed by atoms with Crippen LogP contribution in [0.4, 0.5) is 5.69 Å². The number of para-hydroxylation sites is 1. The summed E-state index contributed by atoms with van der Waals surface area (Å²) in [6.45, 7) is 0.601. The zero-order valence-electron chi connectivity index (χ0n) is 11.6. The predicted octanol–water partition coefficient (Wildman–Crippen LogP) is 0.760. The highest BCUT2D eigenvalue weighted by molar-refractivity contribution is 5.88. The molecule has 20 heavy (non-hydrogen) atoms. The summed E-state index contributed by atoms with van der Waals surface area (Å²) in [5.74, 6) is 0.177. The molecule has 0 aromatic heterocycles. The molecule has 1 unspecified atom stereocenters. The van der Waals surface area contributed by atoms with E-state index in [1.807, 2.05) is 24.3 Å². The molecule has 2 atom stereocenters. The monoisotopic (exact) mass is 273 g/mol. The Morgan fingerprint density at radius 1 is 1.40 bits per heavy atom. The number of hydrogen-bond acceptors (Lipinski definition) is 3. The number of amides is 2. The second-order valence-electron chi connectivity index (χ2n) is 5.58. The van der Waals surface area contributed by atoms with Gasteiger partial charge in [-0.3, -0.25) is 9.59 Å². The van der Waals surface area contributed by atoms with E-state index in [0.717, 1.165) is 18.5 Å². The summed E-state index contributed by atoms with van der Waals surface area (Å²) in [7, 11) is 1.78. The number of fused-ring (bicyclic) bond motifs is 1. The van der Waals surface area contributed by atoms with Gasteiger partial charge in [-0.1, -0.05) is 18.2 Å². The van der Waals surface area contributed by atoms with Gasteiger partial charge in [-0.15, -0.1) is 0 Å². The van der Waals surface area contributed by atoms with Gasteiger partial charge in [-0.2, -0.15) is 0 Å². The van der Waals surface area contributed by atoms with Gasteiger partial charge in [0.15, 0.2) is 0 Å². The van der Waals surface area contributed by atoms with Crippen LogP contribution in [-0.4, -0.2) is 42.4 Å². The molecule has 2 heterocycles. The van der Waals surface area contributed by atoms with Crippen LogP contribution in [0.2, 0.25) is 0 Å². The van der Waals surface area contributed by atoms with Crippen LogP contribution in [-0.2, 0) is 16.0 Å². The van der Waals surface area contributed by atoms with Gasteiger partial charge in [0.1, 0.15) is 6.04 Å². The highest BCUT2D eigenvalue weighted by atomic mass is 16.2. The molecule has 0 bridgehead atoms. The van der Waals surface area contributed by atoms with E-state index >= 15 is 0 Å². The van der Waals surface area contributed by atoms with Crippen LogP contribution in [0.15, 0.2) is 24.3 Å². The fourth-order valence-electron chi connectivity index (χ4n) is 2.89. The number of nitrogens with one attached hydrogen (secondary N) is 2. The van der Waals surface area contributed by atoms with Crippen LogP contribution in [0, 0.1) is 0 Å². The highest BCUT2D eigenvalue weighted by Crippen LogP contribution is 2.25. The Labute approximate surface area is 118 Å². The molecule has 1 aromatic carbocycles. The maximum Gasteiger partial charge on any atom is 0.243 e. The largest absolute Gasteiger partial charge is 0.373 e. The molecule has 0 spiro atoms. The maximum atomic E-state index is 12.3. The van der Waals surface area contributed by atoms with Crippen molar-refractivity contribution in [1.82, 2.24) is 10.2 Å². The van der Waals surface area contributed by atoms with Crippen LogP contribution >= 0.6 is 0 Å². The minimum atomic E-state index is -0.199. The first-order valence-corrected chi connectivity index (χ1v) is 7.02. The Bertz CT molecular complexity index is 519. The third-order valence-electron chi connectivity index (χ3n) is 4.06. The van der Waals surface area contributed by atoms with Crippen LogP contribution < -0.4 is 10.6 Å².